The minimum Gasteiger partial charge on any atom is -0.487 e. The number of rotatable bonds is 6. The third-order valence-electron chi connectivity index (χ3n) is 5.35. The van der Waals surface area contributed by atoms with Crippen molar-refractivity contribution in [1.29, 1.82) is 0 Å². The van der Waals surface area contributed by atoms with E-state index >= 15 is 0 Å². The molecule has 2 fully saturated rings. The Kier molecular flexibility index (Phi) is 5.48. The minimum absolute atomic E-state index is 0.113. The molecule has 0 N–H and O–H groups in total. The molecule has 0 spiro atoms. The summed E-state index contributed by atoms with van der Waals surface area (Å²) in [5.74, 6) is -0.0849. The van der Waals surface area contributed by atoms with Crippen LogP contribution in [0.3, 0.4) is 0 Å². The van der Waals surface area contributed by atoms with Gasteiger partial charge in [0.1, 0.15) is 18.9 Å². The molecule has 0 aliphatic carbocycles. The Morgan fingerprint density at radius 1 is 1.00 bits per heavy atom. The second-order valence-electron chi connectivity index (χ2n) is 7.34. The third-order valence-corrected chi connectivity index (χ3v) is 7.24. The van der Waals surface area contributed by atoms with Crippen molar-refractivity contribution in [2.24, 2.45) is 0 Å². The number of anilines is 1. The lowest BCUT2D eigenvalue weighted by Crippen LogP contribution is -2.30. The summed E-state index contributed by atoms with van der Waals surface area (Å²) in [4.78, 5) is 26.9. The van der Waals surface area contributed by atoms with Crippen molar-refractivity contribution < 1.29 is 22.7 Å². The van der Waals surface area contributed by atoms with Crippen molar-refractivity contribution in [2.45, 2.75) is 24.3 Å². The molecule has 0 radical (unpaired) electrons. The monoisotopic (exact) mass is 429 g/mol. The van der Waals surface area contributed by atoms with Gasteiger partial charge in [0.15, 0.2) is 0 Å². The summed E-state index contributed by atoms with van der Waals surface area (Å²) in [7, 11) is -2.23. The lowest BCUT2D eigenvalue weighted by atomic mass is 10.2. The minimum atomic E-state index is -3.65. The molecule has 2 aromatic rings. The van der Waals surface area contributed by atoms with Gasteiger partial charge < -0.3 is 4.74 Å². The molecule has 0 saturated carbocycles. The lowest BCUT2D eigenvalue weighted by molar-refractivity contribution is -0.123. The maximum absolute atomic E-state index is 13.0. The molecule has 2 aliphatic rings. The molecule has 0 bridgehead atoms. The number of imide groups is 1. The first-order chi connectivity index (χ1) is 14.4. The number of ether oxygens (including phenoxy) is 1. The van der Waals surface area contributed by atoms with E-state index in [1.807, 2.05) is 30.3 Å². The molecule has 3 amide bonds. The fraction of sp³-hybridized carbons (Fsp3) is 0.333. The Morgan fingerprint density at radius 3 is 2.33 bits per heavy atom. The average molecular weight is 429 g/mol. The zero-order valence-corrected chi connectivity index (χ0v) is 17.5. The van der Waals surface area contributed by atoms with Crippen LogP contribution in [0.2, 0.25) is 0 Å². The van der Waals surface area contributed by atoms with Gasteiger partial charge in [-0.25, -0.2) is 13.2 Å². The summed E-state index contributed by atoms with van der Waals surface area (Å²) in [5, 5.41) is 0. The zero-order chi connectivity index (χ0) is 21.3. The van der Waals surface area contributed by atoms with Gasteiger partial charge in [-0.1, -0.05) is 30.3 Å². The van der Waals surface area contributed by atoms with Gasteiger partial charge in [-0.2, -0.15) is 4.31 Å². The number of nitrogens with zero attached hydrogens (tertiary/aromatic N) is 3. The lowest BCUT2D eigenvalue weighted by Gasteiger charge is -2.21. The summed E-state index contributed by atoms with van der Waals surface area (Å²) in [6.07, 6.45) is 1.68. The Bertz CT molecular complexity index is 1070. The molecule has 0 aromatic heterocycles. The summed E-state index contributed by atoms with van der Waals surface area (Å²) < 4.78 is 33.4. The normalized spacial score (nSPS) is 17.8. The van der Waals surface area contributed by atoms with Crippen molar-refractivity contribution in [2.75, 3.05) is 31.6 Å². The third kappa shape index (κ3) is 3.78. The largest absolute Gasteiger partial charge is 0.487 e. The van der Waals surface area contributed by atoms with E-state index in [1.54, 1.807) is 0 Å². The van der Waals surface area contributed by atoms with Gasteiger partial charge in [-0.3, -0.25) is 14.6 Å². The topological polar surface area (TPSA) is 87.2 Å². The first-order valence-corrected chi connectivity index (χ1v) is 11.2. The van der Waals surface area contributed by atoms with Crippen LogP contribution in [0.1, 0.15) is 18.4 Å². The predicted octanol–water partition coefficient (Wildman–Crippen LogP) is 2.45. The van der Waals surface area contributed by atoms with Gasteiger partial charge in [0.05, 0.1) is 10.6 Å². The van der Waals surface area contributed by atoms with Crippen LogP contribution >= 0.6 is 0 Å². The van der Waals surface area contributed by atoms with E-state index in [1.165, 1.54) is 34.5 Å². The highest BCUT2D eigenvalue weighted by Crippen LogP contribution is 2.35. The maximum Gasteiger partial charge on any atom is 0.331 e. The van der Waals surface area contributed by atoms with E-state index in [0.717, 1.165) is 23.3 Å². The Morgan fingerprint density at radius 2 is 1.70 bits per heavy atom. The number of hydrogen-bond donors (Lipinski definition) is 0. The van der Waals surface area contributed by atoms with Crippen LogP contribution in [0.5, 0.6) is 5.75 Å². The Hall–Kier alpha value is -2.91. The van der Waals surface area contributed by atoms with Crippen LogP contribution in [0.25, 0.3) is 0 Å². The second kappa shape index (κ2) is 8.08. The van der Waals surface area contributed by atoms with Crippen molar-refractivity contribution in [3.8, 4) is 5.75 Å². The SMILES string of the molecule is CN1C(=O)CN(c2ccc(S(=O)(=O)N3CCCC3)cc2OCc2ccccc2)C1=O. The highest BCUT2D eigenvalue weighted by molar-refractivity contribution is 7.89. The molecule has 8 nitrogen and oxygen atoms in total. The maximum atomic E-state index is 13.0. The van der Waals surface area contributed by atoms with Gasteiger partial charge in [0, 0.05) is 26.2 Å². The van der Waals surface area contributed by atoms with E-state index in [4.69, 9.17) is 4.74 Å². The molecular weight excluding hydrogens is 406 g/mol. The van der Waals surface area contributed by atoms with E-state index in [2.05, 4.69) is 0 Å². The van der Waals surface area contributed by atoms with E-state index in [9.17, 15) is 18.0 Å². The van der Waals surface area contributed by atoms with Crippen LogP contribution in [-0.4, -0.2) is 56.2 Å². The van der Waals surface area contributed by atoms with Crippen molar-refractivity contribution >= 4 is 27.6 Å². The van der Waals surface area contributed by atoms with Gasteiger partial charge in [-0.05, 0) is 30.5 Å². The summed E-state index contributed by atoms with van der Waals surface area (Å²) in [5.41, 5.74) is 1.27. The zero-order valence-electron chi connectivity index (χ0n) is 16.7. The van der Waals surface area contributed by atoms with Crippen LogP contribution in [0, 0.1) is 0 Å². The summed E-state index contributed by atoms with van der Waals surface area (Å²) >= 11 is 0. The summed E-state index contributed by atoms with van der Waals surface area (Å²) in [6, 6.07) is 13.4. The van der Waals surface area contributed by atoms with Crippen molar-refractivity contribution in [3.05, 3.63) is 54.1 Å². The first-order valence-electron chi connectivity index (χ1n) is 9.77. The first kappa shape index (κ1) is 20.4. The number of hydrogen-bond acceptors (Lipinski definition) is 5. The number of carbonyl (C=O) groups is 2. The molecule has 30 heavy (non-hydrogen) atoms. The highest BCUT2D eigenvalue weighted by Gasteiger charge is 2.36. The number of benzene rings is 2. The second-order valence-corrected chi connectivity index (χ2v) is 9.27. The number of sulfonamides is 1. The van der Waals surface area contributed by atoms with Crippen molar-refractivity contribution in [3.63, 3.8) is 0 Å². The molecule has 0 atom stereocenters. The summed E-state index contributed by atoms with van der Waals surface area (Å²) in [6.45, 7) is 1.07. The molecule has 2 saturated heterocycles. The standard InChI is InChI=1S/C21H23N3O5S/c1-22-20(25)14-24(21(22)26)18-10-9-17(30(27,28)23-11-5-6-12-23)13-19(18)29-15-16-7-3-2-4-8-16/h2-4,7-10,13H,5-6,11-12,14-15H2,1H3. The molecule has 2 aliphatic heterocycles. The molecular formula is C21H23N3O5S. The molecule has 4 rings (SSSR count). The number of carbonyl (C=O) groups excluding carboxylic acids is 2. The van der Waals surface area contributed by atoms with E-state index in [-0.39, 0.29) is 29.7 Å². The smallest absolute Gasteiger partial charge is 0.331 e. The molecule has 2 heterocycles. The Balaban J connectivity index is 1.70. The van der Waals surface area contributed by atoms with Gasteiger partial charge >= 0.3 is 6.03 Å². The fourth-order valence-corrected chi connectivity index (χ4v) is 5.12. The van der Waals surface area contributed by atoms with Crippen molar-refractivity contribution in [1.82, 2.24) is 9.21 Å². The number of amides is 3. The number of urea groups is 1. The average Bonchev–Trinajstić information content (AvgIpc) is 3.38. The quantitative estimate of drug-likeness (QED) is 0.659. The van der Waals surface area contributed by atoms with Crippen LogP contribution in [-0.2, 0) is 21.4 Å². The molecule has 158 valence electrons. The van der Waals surface area contributed by atoms with Gasteiger partial charge in [0.25, 0.3) is 0 Å². The fourth-order valence-electron chi connectivity index (χ4n) is 3.59. The van der Waals surface area contributed by atoms with Gasteiger partial charge in [0.2, 0.25) is 15.9 Å². The highest BCUT2D eigenvalue weighted by atomic mass is 32.2. The van der Waals surface area contributed by atoms with Crippen LogP contribution < -0.4 is 9.64 Å². The van der Waals surface area contributed by atoms with E-state index < -0.39 is 16.1 Å². The Labute approximate surface area is 175 Å². The molecule has 0 unspecified atom stereocenters. The van der Waals surface area contributed by atoms with Crippen LogP contribution in [0.15, 0.2) is 53.4 Å². The number of likely N-dealkylation sites (N-methyl/N-ethyl adjacent to an activating group) is 1. The van der Waals surface area contributed by atoms with E-state index in [0.29, 0.717) is 18.8 Å². The molecule has 2 aromatic carbocycles. The molecule has 9 heteroatoms. The van der Waals surface area contributed by atoms with Crippen LogP contribution in [0.4, 0.5) is 10.5 Å². The predicted molar refractivity (Wildman–Crippen MR) is 111 cm³/mol. The van der Waals surface area contributed by atoms with Gasteiger partial charge in [-0.15, -0.1) is 0 Å².